The van der Waals surface area contributed by atoms with E-state index in [1.165, 1.54) is 11.3 Å². The van der Waals surface area contributed by atoms with Crippen LogP contribution in [0.1, 0.15) is 19.2 Å². The van der Waals surface area contributed by atoms with Crippen molar-refractivity contribution < 1.29 is 8.78 Å². The number of rotatable bonds is 3. The van der Waals surface area contributed by atoms with Crippen molar-refractivity contribution in [3.63, 3.8) is 0 Å². The molecule has 0 saturated carbocycles. The Bertz CT molecular complexity index is 734. The number of aryl methyl sites for hydroxylation is 1. The van der Waals surface area contributed by atoms with E-state index in [0.29, 0.717) is 9.97 Å². The predicted molar refractivity (Wildman–Crippen MR) is 68.0 cm³/mol. The zero-order valence-electron chi connectivity index (χ0n) is 10.1. The van der Waals surface area contributed by atoms with Gasteiger partial charge in [-0.2, -0.15) is 9.61 Å². The van der Waals surface area contributed by atoms with Crippen molar-refractivity contribution in [2.75, 3.05) is 0 Å². The molecule has 0 aliphatic rings. The van der Waals surface area contributed by atoms with Crippen LogP contribution < -0.4 is 0 Å². The van der Waals surface area contributed by atoms with Crippen molar-refractivity contribution in [1.29, 1.82) is 0 Å². The van der Waals surface area contributed by atoms with Gasteiger partial charge in [-0.15, -0.1) is 10.2 Å². The number of halogens is 2. The van der Waals surface area contributed by atoms with Gasteiger partial charge in [-0.3, -0.25) is 0 Å². The lowest BCUT2D eigenvalue weighted by molar-refractivity contribution is 0.602. The van der Waals surface area contributed by atoms with Gasteiger partial charge in [0.2, 0.25) is 4.96 Å². The smallest absolute Gasteiger partial charge is 0.207 e. The lowest BCUT2D eigenvalue weighted by Gasteiger charge is -1.98. The van der Waals surface area contributed by atoms with Gasteiger partial charge in [-0.1, -0.05) is 18.3 Å². The van der Waals surface area contributed by atoms with Crippen LogP contribution in [0.15, 0.2) is 18.2 Å². The quantitative estimate of drug-likeness (QED) is 0.740. The molecule has 0 saturated heterocycles. The minimum atomic E-state index is -0.497. The van der Waals surface area contributed by atoms with Crippen molar-refractivity contribution >= 4 is 16.3 Å². The van der Waals surface area contributed by atoms with Crippen molar-refractivity contribution in [2.24, 2.45) is 0 Å². The Hall–Kier alpha value is -1.89. The molecular weight excluding hydrogens is 270 g/mol. The van der Waals surface area contributed by atoms with E-state index >= 15 is 0 Å². The maximum atomic E-state index is 13.7. The maximum absolute atomic E-state index is 13.7. The number of benzene rings is 1. The lowest BCUT2D eigenvalue weighted by atomic mass is 10.2. The first-order valence-electron chi connectivity index (χ1n) is 5.85. The summed E-state index contributed by atoms with van der Waals surface area (Å²) < 4.78 is 28.5. The highest BCUT2D eigenvalue weighted by molar-refractivity contribution is 7.19. The van der Waals surface area contributed by atoms with Crippen LogP contribution in [0.2, 0.25) is 0 Å². The standard InChI is InChI=1S/C12H10F2N4S/c1-2-3-10-15-16-12-18(10)17-11(19-12)8-6-7(13)4-5-9(8)14/h4-6H,2-3H2,1H3. The number of aromatic nitrogens is 4. The minimum Gasteiger partial charge on any atom is -0.207 e. The average Bonchev–Trinajstić information content (AvgIpc) is 2.95. The van der Waals surface area contributed by atoms with E-state index in [2.05, 4.69) is 15.3 Å². The molecular formula is C12H10F2N4S. The van der Waals surface area contributed by atoms with Crippen LogP contribution >= 0.6 is 11.3 Å². The third-order valence-electron chi connectivity index (χ3n) is 2.69. The van der Waals surface area contributed by atoms with E-state index < -0.39 is 11.6 Å². The summed E-state index contributed by atoms with van der Waals surface area (Å²) in [7, 11) is 0. The molecule has 1 aromatic carbocycles. The molecule has 2 aromatic heterocycles. The first kappa shape index (κ1) is 12.2. The van der Waals surface area contributed by atoms with Gasteiger partial charge in [0.25, 0.3) is 0 Å². The van der Waals surface area contributed by atoms with Gasteiger partial charge in [0, 0.05) is 6.42 Å². The van der Waals surface area contributed by atoms with Crippen LogP contribution in [0, 0.1) is 11.6 Å². The second-order valence-corrected chi connectivity index (χ2v) is 5.05. The van der Waals surface area contributed by atoms with Crippen LogP contribution in [-0.2, 0) is 6.42 Å². The highest BCUT2D eigenvalue weighted by atomic mass is 32.1. The molecule has 0 atom stereocenters. The number of hydrogen-bond acceptors (Lipinski definition) is 4. The number of hydrogen-bond donors (Lipinski definition) is 0. The van der Waals surface area contributed by atoms with Crippen LogP contribution in [0.5, 0.6) is 0 Å². The molecule has 19 heavy (non-hydrogen) atoms. The average molecular weight is 280 g/mol. The third-order valence-corrected chi connectivity index (χ3v) is 3.62. The molecule has 2 heterocycles. The van der Waals surface area contributed by atoms with Crippen LogP contribution in [-0.4, -0.2) is 19.8 Å². The molecule has 0 spiro atoms. The number of fused-ring (bicyclic) bond motifs is 1. The third kappa shape index (κ3) is 2.10. The van der Waals surface area contributed by atoms with Crippen LogP contribution in [0.4, 0.5) is 8.78 Å². The molecule has 0 fully saturated rings. The molecule has 0 amide bonds. The largest absolute Gasteiger partial charge is 0.234 e. The summed E-state index contributed by atoms with van der Waals surface area (Å²) in [5.41, 5.74) is 0.151. The fourth-order valence-corrected chi connectivity index (χ4v) is 2.68. The molecule has 3 rings (SSSR count). The van der Waals surface area contributed by atoms with Gasteiger partial charge in [-0.25, -0.2) is 8.78 Å². The van der Waals surface area contributed by atoms with E-state index in [9.17, 15) is 8.78 Å². The summed E-state index contributed by atoms with van der Waals surface area (Å²) in [6.07, 6.45) is 1.66. The van der Waals surface area contributed by atoms with Gasteiger partial charge in [0.05, 0.1) is 5.56 Å². The van der Waals surface area contributed by atoms with E-state index in [1.807, 2.05) is 6.92 Å². The molecule has 0 aliphatic heterocycles. The Morgan fingerprint density at radius 3 is 2.89 bits per heavy atom. The van der Waals surface area contributed by atoms with E-state index in [4.69, 9.17) is 0 Å². The Labute approximate surface area is 111 Å². The number of nitrogens with zero attached hydrogens (tertiary/aromatic N) is 4. The Morgan fingerprint density at radius 1 is 1.26 bits per heavy atom. The van der Waals surface area contributed by atoms with Gasteiger partial charge < -0.3 is 0 Å². The highest BCUT2D eigenvalue weighted by Gasteiger charge is 2.15. The molecule has 0 N–H and O–H groups in total. The van der Waals surface area contributed by atoms with E-state index in [0.717, 1.165) is 36.9 Å². The SMILES string of the molecule is CCCc1nnc2sc(-c3cc(F)ccc3F)nn12. The molecule has 0 unspecified atom stereocenters. The summed E-state index contributed by atoms with van der Waals surface area (Å²) in [6.45, 7) is 2.03. The topological polar surface area (TPSA) is 43.1 Å². The van der Waals surface area contributed by atoms with Crippen molar-refractivity contribution in [1.82, 2.24) is 19.8 Å². The van der Waals surface area contributed by atoms with Crippen molar-refractivity contribution in [3.8, 4) is 10.6 Å². The molecule has 0 radical (unpaired) electrons. The Morgan fingerprint density at radius 2 is 2.11 bits per heavy atom. The second-order valence-electron chi connectivity index (χ2n) is 4.09. The summed E-state index contributed by atoms with van der Waals surface area (Å²) in [5, 5.41) is 12.7. The zero-order valence-corrected chi connectivity index (χ0v) is 10.9. The first-order chi connectivity index (χ1) is 9.19. The summed E-state index contributed by atoms with van der Waals surface area (Å²) >= 11 is 1.19. The highest BCUT2D eigenvalue weighted by Crippen LogP contribution is 2.28. The monoisotopic (exact) mass is 280 g/mol. The molecule has 0 bridgehead atoms. The lowest BCUT2D eigenvalue weighted by Crippen LogP contribution is -1.95. The molecule has 7 heteroatoms. The van der Waals surface area contributed by atoms with Crippen molar-refractivity contribution in [3.05, 3.63) is 35.7 Å². The van der Waals surface area contributed by atoms with Crippen molar-refractivity contribution in [2.45, 2.75) is 19.8 Å². The van der Waals surface area contributed by atoms with Crippen LogP contribution in [0.25, 0.3) is 15.5 Å². The molecule has 4 nitrogen and oxygen atoms in total. The predicted octanol–water partition coefficient (Wildman–Crippen LogP) is 3.08. The first-order valence-corrected chi connectivity index (χ1v) is 6.67. The summed E-state index contributed by atoms with van der Waals surface area (Å²) in [6, 6.07) is 3.32. The van der Waals surface area contributed by atoms with Gasteiger partial charge in [0.1, 0.15) is 11.6 Å². The zero-order chi connectivity index (χ0) is 13.4. The fourth-order valence-electron chi connectivity index (χ4n) is 1.81. The second kappa shape index (κ2) is 4.65. The summed E-state index contributed by atoms with van der Waals surface area (Å²) in [5.74, 6) is -0.253. The maximum Gasteiger partial charge on any atom is 0.234 e. The minimum absolute atomic E-state index is 0.151. The molecule has 3 aromatic rings. The Kier molecular flexibility index (Phi) is 2.98. The van der Waals surface area contributed by atoms with E-state index in [1.54, 1.807) is 4.52 Å². The summed E-state index contributed by atoms with van der Waals surface area (Å²) in [4.78, 5) is 0.585. The molecule has 98 valence electrons. The van der Waals surface area contributed by atoms with E-state index in [-0.39, 0.29) is 5.56 Å². The van der Waals surface area contributed by atoms with Gasteiger partial charge in [0.15, 0.2) is 10.8 Å². The fraction of sp³-hybridized carbons (Fsp3) is 0.250. The molecule has 0 aliphatic carbocycles. The van der Waals surface area contributed by atoms with Gasteiger partial charge >= 0.3 is 0 Å². The Balaban J connectivity index is 2.12. The van der Waals surface area contributed by atoms with Gasteiger partial charge in [-0.05, 0) is 24.6 Å². The van der Waals surface area contributed by atoms with Crippen LogP contribution in [0.3, 0.4) is 0 Å². The normalized spacial score (nSPS) is 11.3.